The third-order valence-corrected chi connectivity index (χ3v) is 6.85. The van der Waals surface area contributed by atoms with Gasteiger partial charge in [-0.05, 0) is 31.0 Å². The molecule has 0 saturated heterocycles. The Morgan fingerprint density at radius 3 is 2.42 bits per heavy atom. The van der Waals surface area contributed by atoms with Gasteiger partial charge >= 0.3 is 0 Å². The highest BCUT2D eigenvalue weighted by Crippen LogP contribution is 2.29. The molecule has 1 fully saturated rings. The molecule has 0 unspecified atom stereocenters. The van der Waals surface area contributed by atoms with Crippen LogP contribution < -0.4 is 5.56 Å². The van der Waals surface area contributed by atoms with E-state index in [9.17, 15) is 18.0 Å². The maximum atomic E-state index is 12.8. The Labute approximate surface area is 152 Å². The molecule has 1 amide bonds. The first kappa shape index (κ1) is 18.6. The lowest BCUT2D eigenvalue weighted by Crippen LogP contribution is -2.31. The normalized spacial score (nSPS) is 14.8. The average molecular weight is 377 g/mol. The van der Waals surface area contributed by atoms with Crippen molar-refractivity contribution >= 4 is 26.8 Å². The number of hydrogen-bond acceptors (Lipinski definition) is 4. The van der Waals surface area contributed by atoms with Gasteiger partial charge < -0.3 is 9.88 Å². The van der Waals surface area contributed by atoms with Crippen molar-refractivity contribution in [2.45, 2.75) is 37.6 Å². The van der Waals surface area contributed by atoms with Crippen molar-refractivity contribution in [2.75, 3.05) is 20.1 Å². The number of amides is 1. The molecular formula is C18H23N3O4S. The number of carbonyl (C=O) groups is 1. The first-order valence-corrected chi connectivity index (χ1v) is 10.2. The van der Waals surface area contributed by atoms with E-state index in [1.165, 1.54) is 22.5 Å². The van der Waals surface area contributed by atoms with Crippen LogP contribution in [-0.4, -0.2) is 54.7 Å². The van der Waals surface area contributed by atoms with Gasteiger partial charge in [0.25, 0.3) is 5.91 Å². The van der Waals surface area contributed by atoms with Crippen LogP contribution in [0, 0.1) is 0 Å². The number of sulfonamides is 1. The molecule has 1 aliphatic rings. The molecular weight excluding hydrogens is 354 g/mol. The van der Waals surface area contributed by atoms with E-state index < -0.39 is 10.0 Å². The van der Waals surface area contributed by atoms with Crippen LogP contribution in [0.25, 0.3) is 10.9 Å². The van der Waals surface area contributed by atoms with Crippen molar-refractivity contribution in [3.8, 4) is 0 Å². The zero-order chi connectivity index (χ0) is 19.1. The maximum Gasteiger partial charge on any atom is 0.254 e. The summed E-state index contributed by atoms with van der Waals surface area (Å²) in [6, 6.07) is 5.93. The molecule has 26 heavy (non-hydrogen) atoms. The van der Waals surface area contributed by atoms with Crippen molar-refractivity contribution in [1.82, 2.24) is 14.2 Å². The van der Waals surface area contributed by atoms with Crippen LogP contribution in [0.4, 0.5) is 0 Å². The molecule has 0 spiro atoms. The summed E-state index contributed by atoms with van der Waals surface area (Å²) in [6.45, 7) is 4.27. The Bertz CT molecular complexity index is 1000. The van der Waals surface area contributed by atoms with E-state index in [0.717, 1.165) is 12.8 Å². The molecule has 0 bridgehead atoms. The summed E-state index contributed by atoms with van der Waals surface area (Å²) in [5.74, 6) is -0.263. The van der Waals surface area contributed by atoms with E-state index >= 15 is 0 Å². The summed E-state index contributed by atoms with van der Waals surface area (Å²) < 4.78 is 27.0. The third kappa shape index (κ3) is 3.26. The predicted molar refractivity (Wildman–Crippen MR) is 99.8 cm³/mol. The van der Waals surface area contributed by atoms with Gasteiger partial charge in [-0.15, -0.1) is 0 Å². The first-order chi connectivity index (χ1) is 12.3. The maximum absolute atomic E-state index is 12.8. The zero-order valence-electron chi connectivity index (χ0n) is 15.2. The SMILES string of the molecule is CCN(CC)S(=O)(=O)c1ccc2[nH]c(=O)cc(C(=O)N(C)C3CC3)c2c1. The molecule has 0 atom stereocenters. The minimum atomic E-state index is -3.65. The predicted octanol–water partition coefficient (Wildman–Crippen LogP) is 1.79. The standard InChI is InChI=1S/C18H23N3O4S/c1-4-21(5-2)26(24,25)13-8-9-16-14(10-13)15(11-17(22)19-16)18(23)20(3)12-6-7-12/h8-12H,4-7H2,1-3H3,(H,19,22). The second-order valence-corrected chi connectivity index (χ2v) is 8.43. The van der Waals surface area contributed by atoms with E-state index in [2.05, 4.69) is 4.98 Å². The molecule has 140 valence electrons. The number of rotatable bonds is 6. The first-order valence-electron chi connectivity index (χ1n) is 8.74. The summed E-state index contributed by atoms with van der Waals surface area (Å²) >= 11 is 0. The lowest BCUT2D eigenvalue weighted by molar-refractivity contribution is 0.0787. The molecule has 1 aromatic carbocycles. The number of aromatic nitrogens is 1. The molecule has 3 rings (SSSR count). The number of nitrogens with zero attached hydrogens (tertiary/aromatic N) is 2. The molecule has 0 aliphatic heterocycles. The molecule has 1 saturated carbocycles. The monoisotopic (exact) mass is 377 g/mol. The Hall–Kier alpha value is -2.19. The van der Waals surface area contributed by atoms with Crippen molar-refractivity contribution < 1.29 is 13.2 Å². The smallest absolute Gasteiger partial charge is 0.254 e. The quantitative estimate of drug-likeness (QED) is 0.831. The van der Waals surface area contributed by atoms with Crippen molar-refractivity contribution in [3.05, 3.63) is 40.2 Å². The molecule has 7 nitrogen and oxygen atoms in total. The molecule has 2 aromatic rings. The van der Waals surface area contributed by atoms with Crippen LogP contribution in [-0.2, 0) is 10.0 Å². The fourth-order valence-electron chi connectivity index (χ4n) is 3.10. The van der Waals surface area contributed by atoms with Gasteiger partial charge in [-0.1, -0.05) is 13.8 Å². The number of carbonyl (C=O) groups excluding carboxylic acids is 1. The van der Waals surface area contributed by atoms with Crippen LogP contribution in [0.3, 0.4) is 0 Å². The van der Waals surface area contributed by atoms with Gasteiger partial charge in [-0.2, -0.15) is 4.31 Å². The lowest BCUT2D eigenvalue weighted by atomic mass is 10.1. The molecule has 8 heteroatoms. The summed E-state index contributed by atoms with van der Waals surface area (Å²) in [5, 5.41) is 0.440. The number of H-pyrrole nitrogens is 1. The molecule has 1 aromatic heterocycles. The van der Waals surface area contributed by atoms with Crippen LogP contribution in [0.5, 0.6) is 0 Å². The van der Waals surface area contributed by atoms with Crippen molar-refractivity contribution in [1.29, 1.82) is 0 Å². The highest BCUT2D eigenvalue weighted by atomic mass is 32.2. The van der Waals surface area contributed by atoms with E-state index in [4.69, 9.17) is 0 Å². The summed E-state index contributed by atoms with van der Waals surface area (Å²) in [4.78, 5) is 29.2. The van der Waals surface area contributed by atoms with E-state index in [1.54, 1.807) is 31.9 Å². The van der Waals surface area contributed by atoms with Crippen LogP contribution >= 0.6 is 0 Å². The summed E-state index contributed by atoms with van der Waals surface area (Å²) in [6.07, 6.45) is 1.90. The third-order valence-electron chi connectivity index (χ3n) is 4.80. The number of nitrogens with one attached hydrogen (secondary N) is 1. The van der Waals surface area contributed by atoms with Gasteiger partial charge in [0.1, 0.15) is 0 Å². The molecule has 1 aliphatic carbocycles. The fraction of sp³-hybridized carbons (Fsp3) is 0.444. The minimum Gasteiger partial charge on any atom is -0.339 e. The topological polar surface area (TPSA) is 90.5 Å². The number of hydrogen-bond donors (Lipinski definition) is 1. The zero-order valence-corrected chi connectivity index (χ0v) is 16.0. The minimum absolute atomic E-state index is 0.115. The Balaban J connectivity index is 2.16. The van der Waals surface area contributed by atoms with Crippen LogP contribution in [0.2, 0.25) is 0 Å². The Morgan fingerprint density at radius 1 is 1.19 bits per heavy atom. The van der Waals surface area contributed by atoms with E-state index in [-0.39, 0.29) is 28.0 Å². The van der Waals surface area contributed by atoms with Crippen LogP contribution in [0.1, 0.15) is 37.0 Å². The number of fused-ring (bicyclic) bond motifs is 1. The van der Waals surface area contributed by atoms with Gasteiger partial charge in [-0.3, -0.25) is 9.59 Å². The Morgan fingerprint density at radius 2 is 1.85 bits per heavy atom. The number of benzene rings is 1. The van der Waals surface area contributed by atoms with Gasteiger partial charge in [0.05, 0.1) is 10.5 Å². The number of pyridine rings is 1. The highest BCUT2D eigenvalue weighted by Gasteiger charge is 2.31. The second-order valence-electron chi connectivity index (χ2n) is 6.49. The van der Waals surface area contributed by atoms with Crippen LogP contribution in [0.15, 0.2) is 34.0 Å². The second kappa shape index (κ2) is 6.85. The average Bonchev–Trinajstić information content (AvgIpc) is 3.45. The van der Waals surface area contributed by atoms with Crippen molar-refractivity contribution in [3.63, 3.8) is 0 Å². The van der Waals surface area contributed by atoms with E-state index in [0.29, 0.717) is 24.0 Å². The lowest BCUT2D eigenvalue weighted by Gasteiger charge is -2.20. The highest BCUT2D eigenvalue weighted by molar-refractivity contribution is 7.89. The van der Waals surface area contributed by atoms with Gasteiger partial charge in [0.2, 0.25) is 15.6 Å². The van der Waals surface area contributed by atoms with Crippen molar-refractivity contribution in [2.24, 2.45) is 0 Å². The fourth-order valence-corrected chi connectivity index (χ4v) is 4.59. The van der Waals surface area contributed by atoms with Gasteiger partial charge in [0, 0.05) is 43.1 Å². The van der Waals surface area contributed by atoms with E-state index in [1.807, 2.05) is 0 Å². The van der Waals surface area contributed by atoms with Gasteiger partial charge in [-0.25, -0.2) is 8.42 Å². The number of aromatic amines is 1. The molecule has 1 heterocycles. The largest absolute Gasteiger partial charge is 0.339 e. The van der Waals surface area contributed by atoms with Gasteiger partial charge in [0.15, 0.2) is 0 Å². The molecule has 0 radical (unpaired) electrons. The molecule has 1 N–H and O–H groups in total. The summed E-state index contributed by atoms with van der Waals surface area (Å²) in [5.41, 5.74) is 0.294. The Kier molecular flexibility index (Phi) is 4.90. The summed E-state index contributed by atoms with van der Waals surface area (Å²) in [7, 11) is -1.94.